The average molecular weight is 763 g/mol. The number of aromatic nitrogens is 4. The number of nitrogens with one attached hydrogen (secondary N) is 2. The highest BCUT2D eigenvalue weighted by atomic mass is 35.5. The fourth-order valence-electron chi connectivity index (χ4n) is 4.64. The second kappa shape index (κ2) is 19.1. The third-order valence-electron chi connectivity index (χ3n) is 8.16. The summed E-state index contributed by atoms with van der Waals surface area (Å²) in [7, 11) is -3.16. The van der Waals surface area contributed by atoms with Crippen LogP contribution in [0.25, 0.3) is 11.2 Å². The van der Waals surface area contributed by atoms with Crippen LogP contribution in [0.5, 0.6) is 5.75 Å². The first-order valence-corrected chi connectivity index (χ1v) is 18.9. The largest absolute Gasteiger partial charge is 0.464 e. The minimum absolute atomic E-state index is 0.0825. The molecule has 284 valence electrons. The molecule has 4 atom stereocenters. The number of esters is 2. The van der Waals surface area contributed by atoms with Gasteiger partial charge in [0.1, 0.15) is 18.4 Å². The van der Waals surface area contributed by atoms with Gasteiger partial charge in [0.05, 0.1) is 25.4 Å². The van der Waals surface area contributed by atoms with Crippen molar-refractivity contribution in [2.24, 2.45) is 17.8 Å². The van der Waals surface area contributed by atoms with Gasteiger partial charge in [0.15, 0.2) is 28.7 Å². The Morgan fingerprint density at radius 1 is 1.04 bits per heavy atom. The second-order valence-electron chi connectivity index (χ2n) is 12.7. The molecule has 0 bridgehead atoms. The van der Waals surface area contributed by atoms with Gasteiger partial charge >= 0.3 is 19.7 Å². The lowest BCUT2D eigenvalue weighted by Crippen LogP contribution is -2.52. The van der Waals surface area contributed by atoms with E-state index in [1.807, 2.05) is 13.8 Å². The van der Waals surface area contributed by atoms with Crippen molar-refractivity contribution in [3.63, 3.8) is 0 Å². The lowest BCUT2D eigenvalue weighted by Gasteiger charge is -2.36. The van der Waals surface area contributed by atoms with Crippen molar-refractivity contribution < 1.29 is 42.2 Å². The minimum Gasteiger partial charge on any atom is -0.464 e. The van der Waals surface area contributed by atoms with Gasteiger partial charge in [0.25, 0.3) is 0 Å². The zero-order chi connectivity index (χ0) is 38.6. The summed E-state index contributed by atoms with van der Waals surface area (Å²) in [4.78, 5) is 51.3. The van der Waals surface area contributed by atoms with E-state index in [0.29, 0.717) is 0 Å². The maximum atomic E-state index is 14.4. The van der Waals surface area contributed by atoms with Gasteiger partial charge in [-0.25, -0.2) is 9.55 Å². The number of imidazole rings is 1. The van der Waals surface area contributed by atoms with Gasteiger partial charge in [0, 0.05) is 13.0 Å². The normalized spacial score (nSPS) is 15.1. The number of nitrogens with zero attached hydrogens (tertiary/aromatic N) is 4. The maximum absolute atomic E-state index is 14.4. The summed E-state index contributed by atoms with van der Waals surface area (Å²) >= 11 is 6.24. The molecule has 3 rings (SSSR count). The fraction of sp³-hybridized carbons (Fsp3) is 0.543. The number of terminal acetylenes is 1. The van der Waals surface area contributed by atoms with E-state index in [4.69, 9.17) is 41.3 Å². The number of rotatable bonds is 20. The Balaban J connectivity index is 2.00. The molecule has 0 saturated carbocycles. The molecule has 0 aliphatic carbocycles. The van der Waals surface area contributed by atoms with Gasteiger partial charge < -0.3 is 28.6 Å². The number of para-hydroxylation sites is 1. The standard InChI is InChI=1S/C35H48ClN6O9P/c1-10-25(11-2)19-48-33(45)24(8)41-52(46,51-26-16-14-13-15-17-26)49-20-35(12-3,47-9)27(50-32(44)23(6)7)18-42-21-37-28-29(38-31(43)22(4)5)39-34(36)40-30(28)42/h3,13-17,21-25,27H,10-11,18-20H2,1-2,4-9H3,(H,41,46)(H,38,39,40,43)/t24-,27-,35?,52-/m0/s1. The van der Waals surface area contributed by atoms with E-state index in [2.05, 4.69) is 31.3 Å². The molecule has 17 heteroatoms. The van der Waals surface area contributed by atoms with Crippen LogP contribution in [0.1, 0.15) is 61.3 Å². The Morgan fingerprint density at radius 3 is 2.29 bits per heavy atom. The van der Waals surface area contributed by atoms with E-state index in [-0.39, 0.29) is 58.9 Å². The van der Waals surface area contributed by atoms with Crippen molar-refractivity contribution in [1.29, 1.82) is 0 Å². The summed E-state index contributed by atoms with van der Waals surface area (Å²) in [5.41, 5.74) is -1.50. The topological polar surface area (TPSA) is 182 Å². The molecule has 3 aromatic rings. The highest BCUT2D eigenvalue weighted by molar-refractivity contribution is 7.52. The predicted molar refractivity (Wildman–Crippen MR) is 195 cm³/mol. The van der Waals surface area contributed by atoms with Crippen LogP contribution in [0.15, 0.2) is 36.7 Å². The zero-order valence-electron chi connectivity index (χ0n) is 30.8. The maximum Gasteiger partial charge on any atom is 0.459 e. The summed E-state index contributed by atoms with van der Waals surface area (Å²) in [6.07, 6.45) is 7.79. The molecule has 1 amide bonds. The molecule has 0 aliphatic rings. The molecule has 0 aliphatic heterocycles. The Kier molecular flexibility index (Phi) is 15.6. The van der Waals surface area contributed by atoms with E-state index >= 15 is 0 Å². The van der Waals surface area contributed by atoms with Crippen molar-refractivity contribution >= 4 is 54.2 Å². The van der Waals surface area contributed by atoms with Crippen molar-refractivity contribution in [1.82, 2.24) is 24.6 Å². The van der Waals surface area contributed by atoms with Gasteiger partial charge in [-0.15, -0.1) is 6.42 Å². The van der Waals surface area contributed by atoms with Crippen molar-refractivity contribution in [3.05, 3.63) is 41.9 Å². The van der Waals surface area contributed by atoms with Crippen LogP contribution >= 0.6 is 19.3 Å². The van der Waals surface area contributed by atoms with Gasteiger partial charge in [-0.3, -0.25) is 18.9 Å². The number of hydrogen-bond donors (Lipinski definition) is 2. The van der Waals surface area contributed by atoms with Crippen LogP contribution in [0.2, 0.25) is 5.28 Å². The van der Waals surface area contributed by atoms with Crippen molar-refractivity contribution in [2.45, 2.75) is 85.6 Å². The first-order valence-electron chi connectivity index (χ1n) is 17.0. The molecule has 15 nitrogen and oxygen atoms in total. The van der Waals surface area contributed by atoms with Crippen LogP contribution in [-0.2, 0) is 44.2 Å². The molecule has 0 saturated heterocycles. The molecule has 0 spiro atoms. The van der Waals surface area contributed by atoms with E-state index < -0.39 is 50.0 Å². The van der Waals surface area contributed by atoms with Crippen LogP contribution < -0.4 is 14.9 Å². The summed E-state index contributed by atoms with van der Waals surface area (Å²) in [5.74, 6) is 0.399. The highest BCUT2D eigenvalue weighted by Gasteiger charge is 2.45. The average Bonchev–Trinajstić information content (AvgIpc) is 3.51. The Labute approximate surface area is 309 Å². The van der Waals surface area contributed by atoms with Crippen LogP contribution in [0, 0.1) is 30.1 Å². The Bertz CT molecular complexity index is 1760. The van der Waals surface area contributed by atoms with Crippen LogP contribution in [0.3, 0.4) is 0 Å². The lowest BCUT2D eigenvalue weighted by molar-refractivity contribution is -0.170. The summed E-state index contributed by atoms with van der Waals surface area (Å²) in [6, 6.07) is 7.06. The fourth-order valence-corrected chi connectivity index (χ4v) is 6.33. The highest BCUT2D eigenvalue weighted by Crippen LogP contribution is 2.46. The second-order valence-corrected chi connectivity index (χ2v) is 14.7. The predicted octanol–water partition coefficient (Wildman–Crippen LogP) is 5.82. The number of amides is 1. The molecule has 2 N–H and O–H groups in total. The molecule has 52 heavy (non-hydrogen) atoms. The molecule has 1 unspecified atom stereocenters. The van der Waals surface area contributed by atoms with Gasteiger partial charge in [0.2, 0.25) is 11.2 Å². The van der Waals surface area contributed by atoms with Gasteiger partial charge in [-0.05, 0) is 36.6 Å². The summed E-state index contributed by atoms with van der Waals surface area (Å²) in [6.45, 7) is 11.5. The number of anilines is 1. The number of fused-ring (bicyclic) bond motifs is 1. The summed E-state index contributed by atoms with van der Waals surface area (Å²) < 4.78 is 44.9. The van der Waals surface area contributed by atoms with E-state index in [0.717, 1.165) is 12.8 Å². The van der Waals surface area contributed by atoms with E-state index in [9.17, 15) is 18.9 Å². The number of hydrogen-bond acceptors (Lipinski definition) is 12. The molecule has 2 aromatic heterocycles. The van der Waals surface area contributed by atoms with Crippen LogP contribution in [0.4, 0.5) is 5.82 Å². The first kappa shape index (κ1) is 42.4. The summed E-state index contributed by atoms with van der Waals surface area (Å²) in [5, 5.41) is 5.16. The number of carbonyl (C=O) groups excluding carboxylic acids is 3. The number of benzene rings is 1. The molecule has 0 fully saturated rings. The van der Waals surface area contributed by atoms with E-state index in [1.54, 1.807) is 58.0 Å². The van der Waals surface area contributed by atoms with E-state index in [1.165, 1.54) is 24.9 Å². The first-order chi connectivity index (χ1) is 24.6. The third-order valence-corrected chi connectivity index (χ3v) is 9.96. The number of methoxy groups -OCH3 is 1. The van der Waals surface area contributed by atoms with Gasteiger partial charge in [-0.2, -0.15) is 15.1 Å². The molecular weight excluding hydrogens is 715 g/mol. The lowest BCUT2D eigenvalue weighted by atomic mass is 9.97. The third kappa shape index (κ3) is 11.2. The number of ether oxygens (including phenoxy) is 3. The molecule has 1 aromatic carbocycles. The number of halogens is 1. The van der Waals surface area contributed by atoms with Gasteiger partial charge in [-0.1, -0.05) is 78.5 Å². The SMILES string of the molecule is C#CC(CO[P@@](=O)(N[C@@H](C)C(=O)OCC(CC)CC)Oc1ccccc1)(OC)[C@H](Cn1cnc2c(NC(=O)C(C)C)nc(Cl)nc21)OC(=O)C(C)C. The van der Waals surface area contributed by atoms with Crippen molar-refractivity contribution in [2.75, 3.05) is 25.6 Å². The van der Waals surface area contributed by atoms with Crippen molar-refractivity contribution in [3.8, 4) is 18.1 Å². The minimum atomic E-state index is -4.44. The Morgan fingerprint density at radius 2 is 1.71 bits per heavy atom. The zero-order valence-corrected chi connectivity index (χ0v) is 32.4. The Hall–Kier alpha value is -4.06. The van der Waals surface area contributed by atoms with Crippen LogP contribution in [-0.4, -0.2) is 75.4 Å². The molecule has 2 heterocycles. The monoisotopic (exact) mass is 762 g/mol. The number of carbonyl (C=O) groups is 3. The quantitative estimate of drug-likeness (QED) is 0.0609. The molecular formula is C35H48ClN6O9P. The smallest absolute Gasteiger partial charge is 0.459 e. The molecule has 0 radical (unpaired) electrons.